The molecular weight excluding hydrogens is 384 g/mol. The first-order valence-electron chi connectivity index (χ1n) is 8.53. The third kappa shape index (κ3) is 3.11. The van der Waals surface area contributed by atoms with Crippen molar-refractivity contribution in [1.82, 2.24) is 0 Å². The summed E-state index contributed by atoms with van der Waals surface area (Å²) in [7, 11) is 0. The van der Waals surface area contributed by atoms with E-state index in [1.807, 2.05) is 36.4 Å². The SMILES string of the molecule is O=[N+]([O-])CC1c2ccccc2OC2C1CCCN2c1ccc(Br)cc1. The van der Waals surface area contributed by atoms with Gasteiger partial charge >= 0.3 is 0 Å². The summed E-state index contributed by atoms with van der Waals surface area (Å²) in [6, 6.07) is 15.9. The van der Waals surface area contributed by atoms with Gasteiger partial charge in [0.1, 0.15) is 5.75 Å². The molecule has 130 valence electrons. The number of nitro groups is 1. The number of benzene rings is 2. The number of para-hydroxylation sites is 1. The van der Waals surface area contributed by atoms with Crippen molar-refractivity contribution in [3.63, 3.8) is 0 Å². The summed E-state index contributed by atoms with van der Waals surface area (Å²) < 4.78 is 7.37. The number of rotatable bonds is 3. The molecule has 0 saturated carbocycles. The molecule has 1 saturated heterocycles. The van der Waals surface area contributed by atoms with E-state index in [9.17, 15) is 10.1 Å². The van der Waals surface area contributed by atoms with E-state index in [0.717, 1.165) is 40.9 Å². The lowest BCUT2D eigenvalue weighted by atomic mass is 9.77. The Bertz CT molecular complexity index is 780. The normalized spacial score (nSPS) is 24.8. The Labute approximate surface area is 154 Å². The Kier molecular flexibility index (Phi) is 4.37. The van der Waals surface area contributed by atoms with Crippen LogP contribution in [0.3, 0.4) is 0 Å². The molecule has 0 N–H and O–H groups in total. The third-order valence-electron chi connectivity index (χ3n) is 5.20. The summed E-state index contributed by atoms with van der Waals surface area (Å²) in [5.41, 5.74) is 2.07. The molecule has 0 spiro atoms. The Hall–Kier alpha value is -2.08. The molecule has 2 aliphatic rings. The molecule has 3 unspecified atom stereocenters. The number of nitrogens with zero attached hydrogens (tertiary/aromatic N) is 2. The minimum absolute atomic E-state index is 0.0459. The zero-order valence-electron chi connectivity index (χ0n) is 13.7. The maximum Gasteiger partial charge on any atom is 0.211 e. The predicted octanol–water partition coefficient (Wildman–Crippen LogP) is 4.44. The first-order chi connectivity index (χ1) is 12.1. The number of halogens is 1. The fraction of sp³-hybridized carbons (Fsp3) is 0.368. The molecule has 2 aromatic rings. The van der Waals surface area contributed by atoms with Gasteiger partial charge in [0.25, 0.3) is 0 Å². The van der Waals surface area contributed by atoms with E-state index in [4.69, 9.17) is 4.74 Å². The van der Waals surface area contributed by atoms with Crippen LogP contribution < -0.4 is 9.64 Å². The third-order valence-corrected chi connectivity index (χ3v) is 5.73. The lowest BCUT2D eigenvalue weighted by molar-refractivity contribution is -0.485. The number of ether oxygens (including phenoxy) is 1. The number of hydrogen-bond acceptors (Lipinski definition) is 4. The molecule has 25 heavy (non-hydrogen) atoms. The highest BCUT2D eigenvalue weighted by molar-refractivity contribution is 9.10. The summed E-state index contributed by atoms with van der Waals surface area (Å²) in [6.45, 7) is 0.853. The number of piperidine rings is 1. The maximum absolute atomic E-state index is 11.3. The molecule has 1 fully saturated rings. The molecule has 0 bridgehead atoms. The highest BCUT2D eigenvalue weighted by atomic mass is 79.9. The van der Waals surface area contributed by atoms with Crippen molar-refractivity contribution >= 4 is 21.6 Å². The average Bonchev–Trinajstić information content (AvgIpc) is 2.61. The zero-order valence-corrected chi connectivity index (χ0v) is 15.3. The van der Waals surface area contributed by atoms with Crippen molar-refractivity contribution in [3.05, 3.63) is 68.7 Å². The van der Waals surface area contributed by atoms with Crippen LogP contribution in [-0.2, 0) is 0 Å². The van der Waals surface area contributed by atoms with Crippen molar-refractivity contribution < 1.29 is 9.66 Å². The van der Waals surface area contributed by atoms with Crippen LogP contribution in [0.25, 0.3) is 0 Å². The second-order valence-corrected chi connectivity index (χ2v) is 7.56. The number of fused-ring (bicyclic) bond motifs is 2. The van der Waals surface area contributed by atoms with Crippen molar-refractivity contribution in [2.45, 2.75) is 25.0 Å². The Morgan fingerprint density at radius 3 is 2.72 bits per heavy atom. The van der Waals surface area contributed by atoms with Crippen LogP contribution in [-0.4, -0.2) is 24.2 Å². The summed E-state index contributed by atoms with van der Waals surface area (Å²) in [5, 5.41) is 11.3. The van der Waals surface area contributed by atoms with Gasteiger partial charge in [0.15, 0.2) is 6.23 Å². The molecule has 4 rings (SSSR count). The van der Waals surface area contributed by atoms with Gasteiger partial charge in [-0.1, -0.05) is 34.1 Å². The van der Waals surface area contributed by atoms with E-state index in [-0.39, 0.29) is 29.5 Å². The minimum atomic E-state index is -0.192. The van der Waals surface area contributed by atoms with Crippen LogP contribution in [0.4, 0.5) is 5.69 Å². The average molecular weight is 403 g/mol. The van der Waals surface area contributed by atoms with Gasteiger partial charge in [-0.3, -0.25) is 10.1 Å². The topological polar surface area (TPSA) is 55.6 Å². The smallest absolute Gasteiger partial charge is 0.211 e. The summed E-state index contributed by atoms with van der Waals surface area (Å²) in [4.78, 5) is 13.3. The van der Waals surface area contributed by atoms with E-state index < -0.39 is 0 Å². The minimum Gasteiger partial charge on any atom is -0.470 e. The molecule has 6 heteroatoms. The lowest BCUT2D eigenvalue weighted by Crippen LogP contribution is -2.53. The monoisotopic (exact) mass is 402 g/mol. The quantitative estimate of drug-likeness (QED) is 0.562. The van der Waals surface area contributed by atoms with E-state index in [2.05, 4.69) is 33.0 Å². The summed E-state index contributed by atoms with van der Waals surface area (Å²) >= 11 is 3.47. The first kappa shape index (κ1) is 16.4. The van der Waals surface area contributed by atoms with E-state index >= 15 is 0 Å². The van der Waals surface area contributed by atoms with Crippen LogP contribution in [0.15, 0.2) is 53.0 Å². The Morgan fingerprint density at radius 2 is 1.96 bits per heavy atom. The van der Waals surface area contributed by atoms with E-state index in [1.54, 1.807) is 0 Å². The second kappa shape index (κ2) is 6.67. The molecular formula is C19H19BrN2O3. The lowest BCUT2D eigenvalue weighted by Gasteiger charge is -2.47. The van der Waals surface area contributed by atoms with Gasteiger partial charge in [-0.25, -0.2) is 0 Å². The van der Waals surface area contributed by atoms with Gasteiger partial charge in [0.05, 0.1) is 5.92 Å². The van der Waals surface area contributed by atoms with Crippen LogP contribution in [0.2, 0.25) is 0 Å². The predicted molar refractivity (Wildman–Crippen MR) is 99.7 cm³/mol. The molecule has 2 aliphatic heterocycles. The molecule has 0 radical (unpaired) electrons. The fourth-order valence-electron chi connectivity index (χ4n) is 4.11. The number of hydrogen-bond donors (Lipinski definition) is 0. The number of anilines is 1. The molecule has 2 aromatic carbocycles. The molecule has 0 aliphatic carbocycles. The highest BCUT2D eigenvalue weighted by Crippen LogP contribution is 2.46. The van der Waals surface area contributed by atoms with Crippen molar-refractivity contribution in [3.8, 4) is 5.75 Å². The summed E-state index contributed by atoms with van der Waals surface area (Å²) in [5.74, 6) is 0.792. The molecule has 0 aromatic heterocycles. The Balaban J connectivity index is 1.72. The fourth-order valence-corrected chi connectivity index (χ4v) is 4.37. The maximum atomic E-state index is 11.3. The van der Waals surface area contributed by atoms with Gasteiger partial charge < -0.3 is 9.64 Å². The molecule has 3 atom stereocenters. The van der Waals surface area contributed by atoms with Gasteiger partial charge in [-0.15, -0.1) is 0 Å². The van der Waals surface area contributed by atoms with Gasteiger partial charge in [-0.05, 0) is 43.2 Å². The van der Waals surface area contributed by atoms with Crippen LogP contribution in [0.1, 0.15) is 24.3 Å². The van der Waals surface area contributed by atoms with Crippen molar-refractivity contribution in [1.29, 1.82) is 0 Å². The van der Waals surface area contributed by atoms with Gasteiger partial charge in [0.2, 0.25) is 6.54 Å². The zero-order chi connectivity index (χ0) is 17.4. The first-order valence-corrected chi connectivity index (χ1v) is 9.32. The largest absolute Gasteiger partial charge is 0.470 e. The molecule has 5 nitrogen and oxygen atoms in total. The van der Waals surface area contributed by atoms with Crippen LogP contribution >= 0.6 is 15.9 Å². The van der Waals surface area contributed by atoms with Crippen LogP contribution in [0, 0.1) is 16.0 Å². The molecule has 2 heterocycles. The summed E-state index contributed by atoms with van der Waals surface area (Å²) in [6.07, 6.45) is 1.80. The van der Waals surface area contributed by atoms with E-state index in [0.29, 0.717) is 0 Å². The van der Waals surface area contributed by atoms with Gasteiger partial charge in [-0.2, -0.15) is 0 Å². The van der Waals surface area contributed by atoms with E-state index in [1.165, 1.54) is 0 Å². The van der Waals surface area contributed by atoms with Gasteiger partial charge in [0, 0.05) is 33.1 Å². The second-order valence-electron chi connectivity index (χ2n) is 6.64. The highest BCUT2D eigenvalue weighted by Gasteiger charge is 2.45. The Morgan fingerprint density at radius 1 is 1.20 bits per heavy atom. The van der Waals surface area contributed by atoms with Crippen LogP contribution in [0.5, 0.6) is 5.75 Å². The van der Waals surface area contributed by atoms with Crippen molar-refractivity contribution in [2.75, 3.05) is 18.0 Å². The standard InChI is InChI=1S/C19H19BrN2O3/c20-13-7-9-14(10-8-13)21-11-3-5-16-17(12-22(23)24)15-4-1-2-6-18(15)25-19(16)21/h1-2,4,6-10,16-17,19H,3,5,11-12H2. The van der Waals surface area contributed by atoms with Crippen molar-refractivity contribution in [2.24, 2.45) is 5.92 Å². The molecule has 0 amide bonds.